The average Bonchev–Trinajstić information content (AvgIpc) is 2.50. The van der Waals surface area contributed by atoms with Crippen LogP contribution in [0.4, 0.5) is 5.69 Å². The Morgan fingerprint density at radius 1 is 1.22 bits per heavy atom. The highest BCUT2D eigenvalue weighted by Gasteiger charge is 2.16. The van der Waals surface area contributed by atoms with Gasteiger partial charge in [0.2, 0.25) is 5.91 Å². The number of ether oxygens (including phenoxy) is 2. The lowest BCUT2D eigenvalue weighted by Gasteiger charge is -2.14. The van der Waals surface area contributed by atoms with E-state index in [1.165, 1.54) is 14.2 Å². The number of carbonyl (C=O) groups is 2. The van der Waals surface area contributed by atoms with Gasteiger partial charge < -0.3 is 19.9 Å². The van der Waals surface area contributed by atoms with Gasteiger partial charge >= 0.3 is 5.97 Å². The summed E-state index contributed by atoms with van der Waals surface area (Å²) in [6.45, 7) is 1.81. The van der Waals surface area contributed by atoms with Crippen LogP contribution in [0.5, 0.6) is 11.5 Å². The molecule has 0 radical (unpaired) electrons. The fraction of sp³-hybridized carbons (Fsp3) is 0.467. The van der Waals surface area contributed by atoms with E-state index in [1.54, 1.807) is 18.2 Å². The van der Waals surface area contributed by atoms with Crippen molar-refractivity contribution < 1.29 is 24.2 Å². The number of rotatable bonds is 9. The van der Waals surface area contributed by atoms with Gasteiger partial charge in [-0.25, -0.2) is 0 Å². The van der Waals surface area contributed by atoms with Crippen molar-refractivity contribution in [2.24, 2.45) is 0 Å². The van der Waals surface area contributed by atoms with Crippen LogP contribution in [-0.2, 0) is 9.59 Å². The van der Waals surface area contributed by atoms with Gasteiger partial charge in [0.05, 0.1) is 20.8 Å². The lowest BCUT2D eigenvalue weighted by Crippen LogP contribution is -2.41. The molecule has 0 heterocycles. The maximum Gasteiger partial charge on any atom is 0.320 e. The molecule has 0 fully saturated rings. The molecule has 0 aromatic heterocycles. The molecular weight excluding hydrogens is 324 g/mol. The number of nitrogens with one attached hydrogen (secondary N) is 2. The van der Waals surface area contributed by atoms with E-state index in [9.17, 15) is 9.59 Å². The van der Waals surface area contributed by atoms with Crippen molar-refractivity contribution in [3.05, 3.63) is 18.2 Å². The number of carboxylic acids is 1. The number of halogens is 1. The molecule has 1 unspecified atom stereocenters. The number of methoxy groups -OCH3 is 2. The SMILES string of the molecule is CCCC(NCC(=O)Nc1ccc(OC)c(OC)c1)C(=O)O.Cl. The van der Waals surface area contributed by atoms with Gasteiger partial charge in [-0.1, -0.05) is 13.3 Å². The quantitative estimate of drug-likeness (QED) is 0.632. The summed E-state index contributed by atoms with van der Waals surface area (Å²) in [4.78, 5) is 22.8. The summed E-state index contributed by atoms with van der Waals surface area (Å²) in [7, 11) is 3.03. The highest BCUT2D eigenvalue weighted by Crippen LogP contribution is 2.29. The van der Waals surface area contributed by atoms with E-state index in [0.717, 1.165) is 6.42 Å². The molecule has 1 aromatic rings. The molecule has 8 heteroatoms. The Morgan fingerprint density at radius 2 is 1.87 bits per heavy atom. The van der Waals surface area contributed by atoms with Crippen LogP contribution in [0.3, 0.4) is 0 Å². The van der Waals surface area contributed by atoms with Crippen LogP contribution in [0.1, 0.15) is 19.8 Å². The standard InChI is InChI=1S/C15H22N2O5.ClH/c1-4-5-11(15(19)20)16-9-14(18)17-10-6-7-12(21-2)13(8-10)22-3;/h6-8,11,16H,4-5,9H2,1-3H3,(H,17,18)(H,19,20);1H. The van der Waals surface area contributed by atoms with Gasteiger partial charge in [0.1, 0.15) is 6.04 Å². The Kier molecular flexibility index (Phi) is 9.76. The predicted molar refractivity (Wildman–Crippen MR) is 89.8 cm³/mol. The normalized spacial score (nSPS) is 11.1. The topological polar surface area (TPSA) is 96.9 Å². The lowest BCUT2D eigenvalue weighted by molar-refractivity contribution is -0.139. The van der Waals surface area contributed by atoms with E-state index in [1.807, 2.05) is 6.92 Å². The largest absolute Gasteiger partial charge is 0.493 e. The van der Waals surface area contributed by atoms with Crippen molar-refractivity contribution in [3.8, 4) is 11.5 Å². The van der Waals surface area contributed by atoms with Gasteiger partial charge in [0.15, 0.2) is 11.5 Å². The number of benzene rings is 1. The van der Waals surface area contributed by atoms with Crippen molar-refractivity contribution in [3.63, 3.8) is 0 Å². The lowest BCUT2D eigenvalue weighted by atomic mass is 10.1. The summed E-state index contributed by atoms with van der Waals surface area (Å²) in [6, 6.07) is 4.28. The minimum atomic E-state index is -0.958. The summed E-state index contributed by atoms with van der Waals surface area (Å²) in [5.41, 5.74) is 0.548. The molecule has 0 saturated heterocycles. The van der Waals surface area contributed by atoms with E-state index < -0.39 is 12.0 Å². The first-order chi connectivity index (χ1) is 10.5. The summed E-state index contributed by atoms with van der Waals surface area (Å²) < 4.78 is 10.3. The third-order valence-electron chi connectivity index (χ3n) is 3.05. The third kappa shape index (κ3) is 6.75. The summed E-state index contributed by atoms with van der Waals surface area (Å²) in [6.07, 6.45) is 1.19. The number of amides is 1. The number of hydrogen-bond donors (Lipinski definition) is 3. The predicted octanol–water partition coefficient (Wildman–Crippen LogP) is 1.91. The summed E-state index contributed by atoms with van der Waals surface area (Å²) in [5, 5.41) is 14.4. The number of anilines is 1. The highest BCUT2D eigenvalue weighted by molar-refractivity contribution is 5.93. The molecule has 7 nitrogen and oxygen atoms in total. The fourth-order valence-electron chi connectivity index (χ4n) is 1.94. The minimum absolute atomic E-state index is 0. The smallest absolute Gasteiger partial charge is 0.320 e. The van der Waals surface area contributed by atoms with E-state index in [4.69, 9.17) is 14.6 Å². The van der Waals surface area contributed by atoms with Crippen LogP contribution in [0, 0.1) is 0 Å². The molecule has 0 bridgehead atoms. The zero-order valence-corrected chi connectivity index (χ0v) is 14.2. The van der Waals surface area contributed by atoms with Gasteiger partial charge in [-0.3, -0.25) is 14.9 Å². The number of carboxylic acid groups (broad SMARTS) is 1. The summed E-state index contributed by atoms with van der Waals surface area (Å²) in [5.74, 6) is -0.217. The van der Waals surface area contributed by atoms with Crippen molar-refractivity contribution in [1.29, 1.82) is 0 Å². The Labute approximate surface area is 141 Å². The summed E-state index contributed by atoms with van der Waals surface area (Å²) >= 11 is 0. The third-order valence-corrected chi connectivity index (χ3v) is 3.05. The van der Waals surface area contributed by atoms with Crippen molar-refractivity contribution >= 4 is 30.0 Å². The van der Waals surface area contributed by atoms with Crippen molar-refractivity contribution in [1.82, 2.24) is 5.32 Å². The van der Waals surface area contributed by atoms with Crippen LogP contribution in [0.2, 0.25) is 0 Å². The monoisotopic (exact) mass is 346 g/mol. The minimum Gasteiger partial charge on any atom is -0.493 e. The van der Waals surface area contributed by atoms with E-state index >= 15 is 0 Å². The maximum absolute atomic E-state index is 11.9. The first kappa shape index (κ1) is 21.0. The molecule has 0 saturated carbocycles. The Balaban J connectivity index is 0.00000484. The van der Waals surface area contributed by atoms with Crippen LogP contribution < -0.4 is 20.1 Å². The van der Waals surface area contributed by atoms with E-state index in [2.05, 4.69) is 10.6 Å². The zero-order chi connectivity index (χ0) is 16.5. The van der Waals surface area contributed by atoms with Gasteiger partial charge in [-0.05, 0) is 18.6 Å². The van der Waals surface area contributed by atoms with Crippen molar-refractivity contribution in [2.45, 2.75) is 25.8 Å². The van der Waals surface area contributed by atoms with Gasteiger partial charge in [0, 0.05) is 11.8 Å². The molecule has 1 rings (SSSR count). The molecule has 0 aliphatic heterocycles. The average molecular weight is 347 g/mol. The molecule has 0 aliphatic rings. The van der Waals surface area contributed by atoms with Crippen LogP contribution in [-0.4, -0.2) is 43.8 Å². The molecule has 3 N–H and O–H groups in total. The molecular formula is C15H23ClN2O5. The van der Waals surface area contributed by atoms with Crippen LogP contribution >= 0.6 is 12.4 Å². The maximum atomic E-state index is 11.9. The van der Waals surface area contributed by atoms with E-state index in [-0.39, 0.29) is 24.9 Å². The number of hydrogen-bond acceptors (Lipinski definition) is 5. The van der Waals surface area contributed by atoms with Crippen LogP contribution in [0.15, 0.2) is 18.2 Å². The second-order valence-corrected chi connectivity index (χ2v) is 4.68. The van der Waals surface area contributed by atoms with Crippen LogP contribution in [0.25, 0.3) is 0 Å². The zero-order valence-electron chi connectivity index (χ0n) is 13.4. The molecule has 1 aromatic carbocycles. The molecule has 0 aliphatic carbocycles. The van der Waals surface area contributed by atoms with Gasteiger partial charge in [-0.2, -0.15) is 0 Å². The van der Waals surface area contributed by atoms with Crippen molar-refractivity contribution in [2.75, 3.05) is 26.1 Å². The molecule has 23 heavy (non-hydrogen) atoms. The van der Waals surface area contributed by atoms with Gasteiger partial charge in [0.25, 0.3) is 0 Å². The molecule has 1 atom stereocenters. The first-order valence-electron chi connectivity index (χ1n) is 6.99. The Bertz CT molecular complexity index is 525. The second-order valence-electron chi connectivity index (χ2n) is 4.68. The molecule has 130 valence electrons. The first-order valence-corrected chi connectivity index (χ1v) is 6.99. The Hall–Kier alpha value is -1.99. The van der Waals surface area contributed by atoms with Gasteiger partial charge in [-0.15, -0.1) is 12.4 Å². The molecule has 1 amide bonds. The second kappa shape index (κ2) is 10.7. The fourth-order valence-corrected chi connectivity index (χ4v) is 1.94. The Morgan fingerprint density at radius 3 is 2.39 bits per heavy atom. The highest BCUT2D eigenvalue weighted by atomic mass is 35.5. The molecule has 0 spiro atoms. The number of carbonyl (C=O) groups excluding carboxylic acids is 1. The number of aliphatic carboxylic acids is 1. The van der Waals surface area contributed by atoms with E-state index in [0.29, 0.717) is 23.6 Å².